The van der Waals surface area contributed by atoms with Crippen LogP contribution in [0.5, 0.6) is 0 Å². The molecule has 2 unspecified atom stereocenters. The van der Waals surface area contributed by atoms with Gasteiger partial charge in [-0.05, 0) is 25.8 Å². The van der Waals surface area contributed by atoms with E-state index in [2.05, 4.69) is 37.6 Å². The largest absolute Gasteiger partial charge is 0.391 e. The molecule has 1 fully saturated rings. The van der Waals surface area contributed by atoms with Crippen LogP contribution in [0.2, 0.25) is 0 Å². The molecular formula is C15H27N3OS. The Morgan fingerprint density at radius 1 is 1.40 bits per heavy atom. The van der Waals surface area contributed by atoms with Gasteiger partial charge in [-0.1, -0.05) is 32.1 Å². The molecule has 0 saturated carbocycles. The smallest absolute Gasteiger partial charge is 0.185 e. The molecule has 1 saturated heterocycles. The number of rotatable bonds is 5. The zero-order valence-corrected chi connectivity index (χ0v) is 13.9. The fraction of sp³-hybridized carbons (Fsp3) is 0.800. The van der Waals surface area contributed by atoms with Gasteiger partial charge in [0.25, 0.3) is 0 Å². The first-order valence-electron chi connectivity index (χ1n) is 7.66. The number of aromatic nitrogens is 1. The van der Waals surface area contributed by atoms with Crippen LogP contribution in [0.25, 0.3) is 0 Å². The molecule has 1 aromatic rings. The molecule has 2 heterocycles. The maximum absolute atomic E-state index is 9.56. The van der Waals surface area contributed by atoms with E-state index in [9.17, 15) is 5.11 Å². The quantitative estimate of drug-likeness (QED) is 0.907. The topological polar surface area (TPSA) is 39.6 Å². The third-order valence-corrected chi connectivity index (χ3v) is 5.57. The fourth-order valence-electron chi connectivity index (χ4n) is 2.74. The molecule has 2 rings (SSSR count). The van der Waals surface area contributed by atoms with Crippen molar-refractivity contribution in [1.29, 1.82) is 0 Å². The van der Waals surface area contributed by atoms with Crippen LogP contribution < -0.4 is 4.90 Å². The third kappa shape index (κ3) is 3.15. The van der Waals surface area contributed by atoms with Gasteiger partial charge in [-0.25, -0.2) is 4.98 Å². The van der Waals surface area contributed by atoms with Gasteiger partial charge >= 0.3 is 0 Å². The summed E-state index contributed by atoms with van der Waals surface area (Å²) in [4.78, 5) is 10.7. The fourth-order valence-corrected chi connectivity index (χ4v) is 3.81. The predicted octanol–water partition coefficient (Wildman–Crippen LogP) is 2.68. The number of hydrogen-bond donors (Lipinski definition) is 1. The Morgan fingerprint density at radius 3 is 2.75 bits per heavy atom. The average Bonchev–Trinajstić information content (AvgIpc) is 2.91. The van der Waals surface area contributed by atoms with Crippen LogP contribution in [-0.2, 0) is 6.61 Å². The Bertz CT molecular complexity index is 435. The maximum Gasteiger partial charge on any atom is 0.185 e. The molecule has 0 bridgehead atoms. The summed E-state index contributed by atoms with van der Waals surface area (Å²) in [5, 5.41) is 10.7. The van der Waals surface area contributed by atoms with E-state index >= 15 is 0 Å². The van der Waals surface area contributed by atoms with Crippen molar-refractivity contribution in [1.82, 2.24) is 9.88 Å². The van der Waals surface area contributed by atoms with E-state index in [1.165, 1.54) is 6.42 Å². The number of aliphatic hydroxyl groups excluding tert-OH is 1. The molecule has 0 amide bonds. The maximum atomic E-state index is 9.56. The van der Waals surface area contributed by atoms with Gasteiger partial charge in [-0.2, -0.15) is 0 Å². The molecule has 1 aliphatic heterocycles. The molecule has 1 aromatic heterocycles. The SMILES string of the molecule is CCC(C)c1nc(N2CCN(C)C(CC)C2)sc1CO. The number of piperazine rings is 1. The lowest BCUT2D eigenvalue weighted by Crippen LogP contribution is -2.51. The first kappa shape index (κ1) is 15.7. The second-order valence-corrected chi connectivity index (χ2v) is 6.82. The summed E-state index contributed by atoms with van der Waals surface area (Å²) in [6, 6.07) is 0.609. The zero-order chi connectivity index (χ0) is 14.7. The van der Waals surface area contributed by atoms with E-state index in [0.29, 0.717) is 12.0 Å². The van der Waals surface area contributed by atoms with Crippen molar-refractivity contribution in [3.05, 3.63) is 10.6 Å². The molecule has 4 nitrogen and oxygen atoms in total. The minimum atomic E-state index is 0.113. The summed E-state index contributed by atoms with van der Waals surface area (Å²) in [5.74, 6) is 0.427. The summed E-state index contributed by atoms with van der Waals surface area (Å²) in [6.07, 6.45) is 2.24. The lowest BCUT2D eigenvalue weighted by Gasteiger charge is -2.39. The van der Waals surface area contributed by atoms with Gasteiger partial charge in [-0.15, -0.1) is 0 Å². The minimum Gasteiger partial charge on any atom is -0.391 e. The monoisotopic (exact) mass is 297 g/mol. The van der Waals surface area contributed by atoms with Crippen molar-refractivity contribution in [3.8, 4) is 0 Å². The molecule has 0 radical (unpaired) electrons. The third-order valence-electron chi connectivity index (χ3n) is 4.46. The van der Waals surface area contributed by atoms with Crippen LogP contribution in [-0.4, -0.2) is 47.7 Å². The van der Waals surface area contributed by atoms with Crippen molar-refractivity contribution in [2.24, 2.45) is 0 Å². The van der Waals surface area contributed by atoms with Crippen LogP contribution in [0.3, 0.4) is 0 Å². The molecule has 114 valence electrons. The number of hydrogen-bond acceptors (Lipinski definition) is 5. The molecule has 0 spiro atoms. The van der Waals surface area contributed by atoms with Crippen molar-refractivity contribution >= 4 is 16.5 Å². The molecular weight excluding hydrogens is 270 g/mol. The summed E-state index contributed by atoms with van der Waals surface area (Å²) >= 11 is 1.67. The number of nitrogens with zero attached hydrogens (tertiary/aromatic N) is 3. The van der Waals surface area contributed by atoms with Crippen LogP contribution in [0.1, 0.15) is 50.1 Å². The Labute approximate surface area is 126 Å². The highest BCUT2D eigenvalue weighted by Crippen LogP contribution is 2.33. The lowest BCUT2D eigenvalue weighted by atomic mass is 10.0. The highest BCUT2D eigenvalue weighted by atomic mass is 32.1. The second-order valence-electron chi connectivity index (χ2n) is 5.76. The van der Waals surface area contributed by atoms with Crippen molar-refractivity contribution in [2.75, 3.05) is 31.6 Å². The highest BCUT2D eigenvalue weighted by molar-refractivity contribution is 7.15. The summed E-state index contributed by atoms with van der Waals surface area (Å²) < 4.78 is 0. The molecule has 1 aliphatic rings. The van der Waals surface area contributed by atoms with Crippen LogP contribution >= 0.6 is 11.3 Å². The van der Waals surface area contributed by atoms with Gasteiger partial charge in [-0.3, -0.25) is 4.90 Å². The molecule has 1 N–H and O–H groups in total. The van der Waals surface area contributed by atoms with Gasteiger partial charge in [0.15, 0.2) is 5.13 Å². The molecule has 20 heavy (non-hydrogen) atoms. The number of anilines is 1. The lowest BCUT2D eigenvalue weighted by molar-refractivity contribution is 0.213. The van der Waals surface area contributed by atoms with Crippen molar-refractivity contribution in [3.63, 3.8) is 0 Å². The molecule has 2 atom stereocenters. The summed E-state index contributed by atoms with van der Waals surface area (Å²) in [5.41, 5.74) is 1.10. The second kappa shape index (κ2) is 6.87. The highest BCUT2D eigenvalue weighted by Gasteiger charge is 2.26. The van der Waals surface area contributed by atoms with Crippen molar-refractivity contribution in [2.45, 2.75) is 52.2 Å². The Kier molecular flexibility index (Phi) is 5.41. The van der Waals surface area contributed by atoms with Crippen LogP contribution in [0.15, 0.2) is 0 Å². The normalized spacial score (nSPS) is 22.2. The first-order chi connectivity index (χ1) is 9.60. The molecule has 0 aliphatic carbocycles. The van der Waals surface area contributed by atoms with E-state index in [-0.39, 0.29) is 6.61 Å². The first-order valence-corrected chi connectivity index (χ1v) is 8.47. The Hall–Kier alpha value is -0.650. The van der Waals surface area contributed by atoms with Gasteiger partial charge in [0.1, 0.15) is 0 Å². The van der Waals surface area contributed by atoms with Gasteiger partial charge < -0.3 is 10.0 Å². The van der Waals surface area contributed by atoms with Crippen LogP contribution in [0.4, 0.5) is 5.13 Å². The van der Waals surface area contributed by atoms with E-state index in [4.69, 9.17) is 4.98 Å². The Morgan fingerprint density at radius 2 is 2.15 bits per heavy atom. The van der Waals surface area contributed by atoms with Crippen molar-refractivity contribution < 1.29 is 5.11 Å². The zero-order valence-electron chi connectivity index (χ0n) is 13.1. The predicted molar refractivity (Wildman–Crippen MR) is 85.7 cm³/mol. The summed E-state index contributed by atoms with van der Waals surface area (Å²) in [6.45, 7) is 9.89. The van der Waals surface area contributed by atoms with E-state index in [1.54, 1.807) is 11.3 Å². The average molecular weight is 297 g/mol. The van der Waals surface area contributed by atoms with Gasteiger partial charge in [0.05, 0.1) is 17.2 Å². The minimum absolute atomic E-state index is 0.113. The van der Waals surface area contributed by atoms with E-state index in [1.807, 2.05) is 0 Å². The summed E-state index contributed by atoms with van der Waals surface area (Å²) in [7, 11) is 2.21. The number of aliphatic hydroxyl groups is 1. The Balaban J connectivity index is 2.18. The van der Waals surface area contributed by atoms with Crippen LogP contribution in [0, 0.1) is 0 Å². The van der Waals surface area contributed by atoms with E-state index < -0.39 is 0 Å². The number of likely N-dealkylation sites (N-methyl/N-ethyl adjacent to an activating group) is 1. The number of thiazole rings is 1. The standard InChI is InChI=1S/C15H27N3OS/c1-5-11(3)14-13(10-19)20-15(16-14)18-8-7-17(4)12(6-2)9-18/h11-12,19H,5-10H2,1-4H3. The molecule has 5 heteroatoms. The molecule has 0 aromatic carbocycles. The van der Waals surface area contributed by atoms with Gasteiger partial charge in [0.2, 0.25) is 0 Å². The van der Waals surface area contributed by atoms with E-state index in [0.717, 1.165) is 41.8 Å². The van der Waals surface area contributed by atoms with Gasteiger partial charge in [0, 0.05) is 25.7 Å².